The summed E-state index contributed by atoms with van der Waals surface area (Å²) in [4.78, 5) is 2.50. The third-order valence-electron chi connectivity index (χ3n) is 1.75. The first-order valence-corrected chi connectivity index (χ1v) is 6.60. The number of benzene rings is 1. The number of hydrogen-bond donors (Lipinski definition) is 1. The van der Waals surface area contributed by atoms with Gasteiger partial charge in [-0.15, -0.1) is 23.0 Å². The van der Waals surface area contributed by atoms with Crippen LogP contribution in [0.1, 0.15) is 0 Å². The molecule has 0 nitrogen and oxygen atoms in total. The van der Waals surface area contributed by atoms with E-state index in [1.54, 1.807) is 11.3 Å². The molecule has 0 amide bonds. The van der Waals surface area contributed by atoms with Crippen LogP contribution in [0.5, 0.6) is 0 Å². The van der Waals surface area contributed by atoms with Crippen LogP contribution in [0.4, 0.5) is 0 Å². The molecule has 2 rings (SSSR count). The largest absolute Gasteiger partial charge is 0.144 e. The van der Waals surface area contributed by atoms with Gasteiger partial charge in [-0.25, -0.2) is 0 Å². The van der Waals surface area contributed by atoms with Crippen LogP contribution < -0.4 is 0 Å². The molecule has 0 saturated heterocycles. The molecular formula is C10H8S3. The van der Waals surface area contributed by atoms with Gasteiger partial charge in [0.05, 0.1) is 0 Å². The number of thiol groups is 1. The van der Waals surface area contributed by atoms with Crippen molar-refractivity contribution in [1.29, 1.82) is 0 Å². The Balaban J connectivity index is 2.41. The summed E-state index contributed by atoms with van der Waals surface area (Å²) < 4.78 is 0. The first-order chi connectivity index (χ1) is 6.40. The Morgan fingerprint density at radius 3 is 2.77 bits per heavy atom. The summed E-state index contributed by atoms with van der Waals surface area (Å²) in [5.74, 6) is 0. The minimum atomic E-state index is 1.19. The molecule has 0 aliphatic rings. The van der Waals surface area contributed by atoms with E-state index in [1.165, 1.54) is 26.1 Å². The highest BCUT2D eigenvalue weighted by atomic mass is 33.1. The van der Waals surface area contributed by atoms with Gasteiger partial charge in [0.15, 0.2) is 0 Å². The lowest BCUT2D eigenvalue weighted by Crippen LogP contribution is -1.72. The third-order valence-corrected chi connectivity index (χ3v) is 3.76. The highest BCUT2D eigenvalue weighted by molar-refractivity contribution is 8.68. The molecule has 0 aliphatic carbocycles. The van der Waals surface area contributed by atoms with E-state index in [-0.39, 0.29) is 0 Å². The molecule has 0 fully saturated rings. The molecule has 13 heavy (non-hydrogen) atoms. The van der Waals surface area contributed by atoms with Gasteiger partial charge >= 0.3 is 0 Å². The lowest BCUT2D eigenvalue weighted by molar-refractivity contribution is 1.48. The van der Waals surface area contributed by atoms with Gasteiger partial charge in [0, 0.05) is 9.77 Å². The summed E-state index contributed by atoms with van der Waals surface area (Å²) in [7, 11) is 1.48. The molecule has 0 atom stereocenters. The lowest BCUT2D eigenvalue weighted by atomic mass is 10.2. The maximum Gasteiger partial charge on any atom is 0.0343 e. The minimum absolute atomic E-state index is 1.19. The zero-order chi connectivity index (χ0) is 9.10. The fraction of sp³-hybridized carbons (Fsp3) is 0. The molecule has 1 heterocycles. The van der Waals surface area contributed by atoms with E-state index in [2.05, 4.69) is 53.4 Å². The second-order valence-electron chi connectivity index (χ2n) is 2.60. The van der Waals surface area contributed by atoms with Crippen LogP contribution in [-0.2, 0) is 0 Å². The molecule has 0 aliphatic heterocycles. The zero-order valence-corrected chi connectivity index (χ0v) is 9.33. The van der Waals surface area contributed by atoms with Crippen molar-refractivity contribution in [3.05, 3.63) is 41.8 Å². The van der Waals surface area contributed by atoms with Crippen molar-refractivity contribution < 1.29 is 0 Å². The first kappa shape index (κ1) is 9.19. The van der Waals surface area contributed by atoms with Crippen LogP contribution in [0.15, 0.2) is 46.7 Å². The Kier molecular flexibility index (Phi) is 2.98. The molecule has 1 aromatic carbocycles. The molecule has 2 aromatic rings. The fourth-order valence-corrected chi connectivity index (χ4v) is 2.53. The fourth-order valence-electron chi connectivity index (χ4n) is 1.15. The number of hydrogen-bond acceptors (Lipinski definition) is 3. The quantitative estimate of drug-likeness (QED) is 0.584. The molecule has 0 N–H and O–H groups in total. The van der Waals surface area contributed by atoms with Gasteiger partial charge < -0.3 is 0 Å². The van der Waals surface area contributed by atoms with Crippen molar-refractivity contribution in [3.63, 3.8) is 0 Å². The van der Waals surface area contributed by atoms with Crippen LogP contribution in [0.2, 0.25) is 0 Å². The number of thiophene rings is 1. The van der Waals surface area contributed by atoms with Crippen molar-refractivity contribution in [2.45, 2.75) is 4.90 Å². The standard InChI is InChI=1S/C10H8S3/c11-13-9-4-1-3-8(7-9)10-5-2-6-12-10/h1-7,11H. The summed E-state index contributed by atoms with van der Waals surface area (Å²) >= 11 is 5.94. The van der Waals surface area contributed by atoms with E-state index in [9.17, 15) is 0 Å². The smallest absolute Gasteiger partial charge is 0.0343 e. The predicted molar refractivity (Wildman–Crippen MR) is 64.6 cm³/mol. The number of rotatable bonds is 2. The van der Waals surface area contributed by atoms with Crippen LogP contribution in [-0.4, -0.2) is 0 Å². The SMILES string of the molecule is SSc1cccc(-c2cccs2)c1. The Labute approximate surface area is 90.8 Å². The van der Waals surface area contributed by atoms with Gasteiger partial charge in [0.1, 0.15) is 0 Å². The van der Waals surface area contributed by atoms with E-state index in [4.69, 9.17) is 0 Å². The Morgan fingerprint density at radius 2 is 2.08 bits per heavy atom. The normalized spacial score (nSPS) is 10.2. The molecule has 66 valence electrons. The van der Waals surface area contributed by atoms with Crippen LogP contribution >= 0.6 is 33.8 Å². The highest BCUT2D eigenvalue weighted by Crippen LogP contribution is 2.29. The van der Waals surface area contributed by atoms with Gasteiger partial charge in [-0.3, -0.25) is 0 Å². The van der Waals surface area contributed by atoms with E-state index in [0.29, 0.717) is 0 Å². The molecule has 0 bridgehead atoms. The van der Waals surface area contributed by atoms with Crippen molar-refractivity contribution in [1.82, 2.24) is 0 Å². The molecule has 1 aromatic heterocycles. The minimum Gasteiger partial charge on any atom is -0.144 e. The van der Waals surface area contributed by atoms with E-state index in [0.717, 1.165) is 0 Å². The summed E-state index contributed by atoms with van der Waals surface area (Å²) in [6.07, 6.45) is 0. The third kappa shape index (κ3) is 2.10. The first-order valence-electron chi connectivity index (χ1n) is 3.85. The molecule has 0 radical (unpaired) electrons. The average Bonchev–Trinajstić information content (AvgIpc) is 2.71. The second-order valence-corrected chi connectivity index (χ2v) is 4.75. The molecule has 3 heteroatoms. The predicted octanol–water partition coefficient (Wildman–Crippen LogP) is 4.35. The van der Waals surface area contributed by atoms with Crippen molar-refractivity contribution in [3.8, 4) is 10.4 Å². The maximum absolute atomic E-state index is 4.17. The lowest BCUT2D eigenvalue weighted by Gasteiger charge is -1.99. The van der Waals surface area contributed by atoms with Gasteiger partial charge in [0.25, 0.3) is 0 Å². The van der Waals surface area contributed by atoms with Gasteiger partial charge in [-0.1, -0.05) is 29.0 Å². The van der Waals surface area contributed by atoms with Crippen LogP contribution in [0.25, 0.3) is 10.4 Å². The summed E-state index contributed by atoms with van der Waals surface area (Å²) in [6.45, 7) is 0. The Bertz CT molecular complexity index is 379. The molecule has 0 spiro atoms. The Hall–Kier alpha value is -0.380. The van der Waals surface area contributed by atoms with Gasteiger partial charge in [-0.05, 0) is 29.1 Å². The topological polar surface area (TPSA) is 0 Å². The van der Waals surface area contributed by atoms with E-state index >= 15 is 0 Å². The van der Waals surface area contributed by atoms with Crippen molar-refractivity contribution >= 4 is 33.8 Å². The Morgan fingerprint density at radius 1 is 1.15 bits per heavy atom. The van der Waals surface area contributed by atoms with Crippen molar-refractivity contribution in [2.24, 2.45) is 0 Å². The van der Waals surface area contributed by atoms with Gasteiger partial charge in [0.2, 0.25) is 0 Å². The second kappa shape index (κ2) is 4.22. The summed E-state index contributed by atoms with van der Waals surface area (Å²) in [5.41, 5.74) is 1.27. The monoisotopic (exact) mass is 224 g/mol. The molecule has 0 saturated carbocycles. The van der Waals surface area contributed by atoms with Crippen LogP contribution in [0, 0.1) is 0 Å². The average molecular weight is 224 g/mol. The highest BCUT2D eigenvalue weighted by Gasteiger charge is 1.98. The molecular weight excluding hydrogens is 216 g/mol. The van der Waals surface area contributed by atoms with Gasteiger partial charge in [-0.2, -0.15) is 0 Å². The summed E-state index contributed by atoms with van der Waals surface area (Å²) in [5, 5.41) is 2.09. The van der Waals surface area contributed by atoms with E-state index in [1.807, 2.05) is 0 Å². The van der Waals surface area contributed by atoms with Crippen molar-refractivity contribution in [2.75, 3.05) is 0 Å². The zero-order valence-electron chi connectivity index (χ0n) is 6.81. The van der Waals surface area contributed by atoms with E-state index < -0.39 is 0 Å². The molecule has 0 unspecified atom stereocenters. The van der Waals surface area contributed by atoms with Crippen LogP contribution in [0.3, 0.4) is 0 Å². The summed E-state index contributed by atoms with van der Waals surface area (Å²) in [6, 6.07) is 12.6. The maximum atomic E-state index is 4.17.